The standard InChI is InChI=1S/C48H28N4/c1-2-12-32(13-3-1)51-44-28-31(22-24-35(44)39-25-21-29-11-4-5-14-33(29)46(39)51)30-23-26-43-40(27-30)38-18-10-17-37-34-15-6-7-16-36(34)45-48(52(43)47(37)38)50-42-20-9-8-19-41(42)49-45/h1-28H. The molecule has 1 aliphatic heterocycles. The molecular formula is C48H28N4. The molecule has 8 aromatic carbocycles. The maximum absolute atomic E-state index is 5.31. The topological polar surface area (TPSA) is 35.6 Å². The first-order chi connectivity index (χ1) is 25.8. The van der Waals surface area contributed by atoms with Gasteiger partial charge in [-0.05, 0) is 64.5 Å². The summed E-state index contributed by atoms with van der Waals surface area (Å²) >= 11 is 0. The van der Waals surface area contributed by atoms with E-state index in [1.54, 1.807) is 0 Å². The Bertz CT molecular complexity index is 3290. The number of rotatable bonds is 2. The Kier molecular flexibility index (Phi) is 5.47. The third kappa shape index (κ3) is 3.70. The van der Waals surface area contributed by atoms with Crippen molar-refractivity contribution in [1.29, 1.82) is 0 Å². The second-order valence-corrected chi connectivity index (χ2v) is 13.8. The number of fused-ring (bicyclic) bond motifs is 14. The highest BCUT2D eigenvalue weighted by Crippen LogP contribution is 2.47. The Morgan fingerprint density at radius 1 is 0.365 bits per heavy atom. The average molecular weight is 661 g/mol. The van der Waals surface area contributed by atoms with Crippen molar-refractivity contribution in [2.75, 3.05) is 0 Å². The number of nitrogens with zero attached hydrogens (tertiary/aromatic N) is 4. The summed E-state index contributed by atoms with van der Waals surface area (Å²) in [5.41, 5.74) is 14.4. The fourth-order valence-electron chi connectivity index (χ4n) is 8.74. The minimum atomic E-state index is 0.866. The Morgan fingerprint density at radius 3 is 1.94 bits per heavy atom. The van der Waals surface area contributed by atoms with Gasteiger partial charge in [-0.25, -0.2) is 9.97 Å². The fourth-order valence-corrected chi connectivity index (χ4v) is 8.74. The Labute approximate surface area is 298 Å². The van der Waals surface area contributed by atoms with Crippen LogP contribution in [-0.4, -0.2) is 19.1 Å². The predicted octanol–water partition coefficient (Wildman–Crippen LogP) is 12.3. The summed E-state index contributed by atoms with van der Waals surface area (Å²) in [6.45, 7) is 0. The molecule has 52 heavy (non-hydrogen) atoms. The van der Waals surface area contributed by atoms with E-state index in [-0.39, 0.29) is 0 Å². The fraction of sp³-hybridized carbons (Fsp3) is 0. The molecule has 240 valence electrons. The van der Waals surface area contributed by atoms with Crippen LogP contribution in [0, 0.1) is 0 Å². The maximum Gasteiger partial charge on any atom is 0.165 e. The van der Waals surface area contributed by atoms with Gasteiger partial charge in [-0.15, -0.1) is 0 Å². The third-order valence-electron chi connectivity index (χ3n) is 11.0. The summed E-state index contributed by atoms with van der Waals surface area (Å²) in [5, 5.41) is 7.41. The summed E-state index contributed by atoms with van der Waals surface area (Å²) in [6.07, 6.45) is 0. The van der Waals surface area contributed by atoms with Crippen molar-refractivity contribution in [3.8, 4) is 45.0 Å². The highest BCUT2D eigenvalue weighted by atomic mass is 15.1. The number of benzene rings is 8. The van der Waals surface area contributed by atoms with Gasteiger partial charge < -0.3 is 4.57 Å². The first kappa shape index (κ1) is 27.7. The number of para-hydroxylation sites is 4. The Hall–Kier alpha value is -7.04. The number of aromatic nitrogens is 4. The molecule has 0 atom stereocenters. The predicted molar refractivity (Wildman–Crippen MR) is 216 cm³/mol. The molecule has 11 aromatic rings. The molecule has 4 heteroatoms. The SMILES string of the molecule is c1ccc(-n2c3cc(-c4ccc5c(c4)c4cccc6c4n5-c4nc5ccccc5nc4-c4ccccc4-6)ccc3c3ccc4ccccc4c32)cc1. The zero-order valence-electron chi connectivity index (χ0n) is 28.0. The first-order valence-corrected chi connectivity index (χ1v) is 17.8. The van der Waals surface area contributed by atoms with Crippen molar-refractivity contribution in [2.45, 2.75) is 0 Å². The largest absolute Gasteiger partial charge is 0.309 e. The first-order valence-electron chi connectivity index (χ1n) is 17.8. The van der Waals surface area contributed by atoms with Crippen LogP contribution in [-0.2, 0) is 0 Å². The summed E-state index contributed by atoms with van der Waals surface area (Å²) in [7, 11) is 0. The average Bonchev–Trinajstić information content (AvgIpc) is 3.69. The minimum absolute atomic E-state index is 0.866. The van der Waals surface area contributed by atoms with Crippen LogP contribution in [0.1, 0.15) is 0 Å². The lowest BCUT2D eigenvalue weighted by molar-refractivity contribution is 1.09. The van der Waals surface area contributed by atoms with Crippen LogP contribution in [0.5, 0.6) is 0 Å². The van der Waals surface area contributed by atoms with Crippen LogP contribution < -0.4 is 0 Å². The summed E-state index contributed by atoms with van der Waals surface area (Å²) in [6, 6.07) is 61.3. The summed E-state index contributed by atoms with van der Waals surface area (Å²) in [5.74, 6) is 0.866. The van der Waals surface area contributed by atoms with Gasteiger partial charge in [0.1, 0.15) is 5.69 Å². The summed E-state index contributed by atoms with van der Waals surface area (Å²) in [4.78, 5) is 10.6. The molecule has 0 N–H and O–H groups in total. The van der Waals surface area contributed by atoms with E-state index in [2.05, 4.69) is 167 Å². The van der Waals surface area contributed by atoms with E-state index < -0.39 is 0 Å². The van der Waals surface area contributed by atoms with Crippen LogP contribution in [0.3, 0.4) is 0 Å². The molecule has 3 aromatic heterocycles. The van der Waals surface area contributed by atoms with E-state index in [0.29, 0.717) is 0 Å². The lowest BCUT2D eigenvalue weighted by atomic mass is 9.96. The van der Waals surface area contributed by atoms with E-state index in [1.165, 1.54) is 65.6 Å². The van der Waals surface area contributed by atoms with Gasteiger partial charge in [0.25, 0.3) is 0 Å². The van der Waals surface area contributed by atoms with Gasteiger partial charge in [0.2, 0.25) is 0 Å². The van der Waals surface area contributed by atoms with Crippen molar-refractivity contribution in [3.63, 3.8) is 0 Å². The van der Waals surface area contributed by atoms with Crippen molar-refractivity contribution in [3.05, 3.63) is 170 Å². The molecule has 0 bridgehead atoms. The molecule has 0 unspecified atom stereocenters. The molecule has 4 heterocycles. The van der Waals surface area contributed by atoms with E-state index in [0.717, 1.165) is 44.8 Å². The van der Waals surface area contributed by atoms with Crippen LogP contribution in [0.4, 0.5) is 0 Å². The summed E-state index contributed by atoms with van der Waals surface area (Å²) < 4.78 is 4.79. The lowest BCUT2D eigenvalue weighted by Crippen LogP contribution is -2.02. The zero-order valence-corrected chi connectivity index (χ0v) is 28.0. The van der Waals surface area contributed by atoms with E-state index in [4.69, 9.17) is 9.97 Å². The normalized spacial score (nSPS) is 12.2. The number of hydrogen-bond acceptors (Lipinski definition) is 2. The van der Waals surface area contributed by atoms with Crippen molar-refractivity contribution in [1.82, 2.24) is 19.1 Å². The molecule has 0 radical (unpaired) electrons. The third-order valence-corrected chi connectivity index (χ3v) is 11.0. The molecule has 0 saturated carbocycles. The highest BCUT2D eigenvalue weighted by molar-refractivity contribution is 6.20. The highest BCUT2D eigenvalue weighted by Gasteiger charge is 2.27. The van der Waals surface area contributed by atoms with Gasteiger partial charge in [0.05, 0.1) is 33.1 Å². The van der Waals surface area contributed by atoms with Gasteiger partial charge in [-0.2, -0.15) is 0 Å². The van der Waals surface area contributed by atoms with Crippen LogP contribution in [0.15, 0.2) is 170 Å². The molecular weight excluding hydrogens is 633 g/mol. The molecule has 4 nitrogen and oxygen atoms in total. The monoisotopic (exact) mass is 660 g/mol. The van der Waals surface area contributed by atoms with Crippen molar-refractivity contribution < 1.29 is 0 Å². The smallest absolute Gasteiger partial charge is 0.165 e. The van der Waals surface area contributed by atoms with Gasteiger partial charge in [0, 0.05) is 43.7 Å². The molecule has 0 aliphatic carbocycles. The second-order valence-electron chi connectivity index (χ2n) is 13.8. The molecule has 0 saturated heterocycles. The molecule has 0 spiro atoms. The van der Waals surface area contributed by atoms with Gasteiger partial charge in [-0.1, -0.05) is 127 Å². The van der Waals surface area contributed by atoms with Gasteiger partial charge in [-0.3, -0.25) is 4.57 Å². The van der Waals surface area contributed by atoms with E-state index in [1.807, 2.05) is 12.1 Å². The van der Waals surface area contributed by atoms with Crippen molar-refractivity contribution in [2.24, 2.45) is 0 Å². The van der Waals surface area contributed by atoms with Crippen LogP contribution in [0.2, 0.25) is 0 Å². The van der Waals surface area contributed by atoms with Gasteiger partial charge in [0.15, 0.2) is 5.82 Å². The molecule has 1 aliphatic rings. The Morgan fingerprint density at radius 2 is 1.04 bits per heavy atom. The Balaban J connectivity index is 1.14. The molecule has 0 fully saturated rings. The molecule has 0 amide bonds. The molecule has 12 rings (SSSR count). The second kappa shape index (κ2) is 10.3. The quantitative estimate of drug-likeness (QED) is 0.185. The minimum Gasteiger partial charge on any atom is -0.309 e. The van der Waals surface area contributed by atoms with Crippen LogP contribution in [0.25, 0.3) is 110 Å². The zero-order chi connectivity index (χ0) is 33.9. The number of hydrogen-bond donors (Lipinski definition) is 0. The van der Waals surface area contributed by atoms with Crippen molar-refractivity contribution >= 4 is 65.4 Å². The van der Waals surface area contributed by atoms with Gasteiger partial charge >= 0.3 is 0 Å². The van der Waals surface area contributed by atoms with E-state index in [9.17, 15) is 0 Å². The lowest BCUT2D eigenvalue weighted by Gasteiger charge is -2.12. The maximum atomic E-state index is 5.31. The van der Waals surface area contributed by atoms with Crippen LogP contribution >= 0.6 is 0 Å². The van der Waals surface area contributed by atoms with E-state index >= 15 is 0 Å².